The van der Waals surface area contributed by atoms with Gasteiger partial charge in [0.05, 0.1) is 0 Å². The second-order valence-corrected chi connectivity index (χ2v) is 4.01. The molecule has 0 aliphatic rings. The summed E-state index contributed by atoms with van der Waals surface area (Å²) in [4.78, 5) is 7.32. The van der Waals surface area contributed by atoms with Crippen molar-refractivity contribution in [2.24, 2.45) is 0 Å². The lowest BCUT2D eigenvalue weighted by Gasteiger charge is -2.16. The van der Waals surface area contributed by atoms with Crippen LogP contribution in [-0.4, -0.2) is 17.0 Å². The van der Waals surface area contributed by atoms with E-state index >= 15 is 0 Å². The third kappa shape index (κ3) is 2.43. The molecule has 0 spiro atoms. The van der Waals surface area contributed by atoms with E-state index in [1.165, 1.54) is 0 Å². The minimum atomic E-state index is 0.180. The molecular formula is C12H14ClN3. The Morgan fingerprint density at radius 2 is 2.25 bits per heavy atom. The highest BCUT2D eigenvalue weighted by Crippen LogP contribution is 2.24. The maximum absolute atomic E-state index is 6.17. The van der Waals surface area contributed by atoms with E-state index in [1.807, 2.05) is 37.5 Å². The first kappa shape index (κ1) is 11.2. The van der Waals surface area contributed by atoms with E-state index in [0.717, 1.165) is 22.8 Å². The molecule has 2 N–H and O–H groups in total. The molecule has 16 heavy (non-hydrogen) atoms. The van der Waals surface area contributed by atoms with Crippen LogP contribution in [0, 0.1) is 0 Å². The normalized spacial score (nSPS) is 12.6. The Balaban J connectivity index is 2.20. The Morgan fingerprint density at radius 3 is 2.88 bits per heavy atom. The van der Waals surface area contributed by atoms with Crippen LogP contribution in [0.5, 0.6) is 0 Å². The number of imidazole rings is 1. The minimum absolute atomic E-state index is 0.180. The fourth-order valence-electron chi connectivity index (χ4n) is 1.73. The Hall–Kier alpha value is -1.32. The van der Waals surface area contributed by atoms with Crippen molar-refractivity contribution < 1.29 is 0 Å². The molecule has 2 rings (SSSR count). The average molecular weight is 236 g/mol. The molecule has 0 aliphatic carbocycles. The van der Waals surface area contributed by atoms with Crippen LogP contribution in [0.3, 0.4) is 0 Å². The standard InChI is InChI=1S/C12H14ClN3/c1-14-11(8-12-15-6-7-16-12)9-4-2-3-5-10(9)13/h2-7,11,14H,8H2,1H3,(H,15,16). The smallest absolute Gasteiger partial charge is 0.107 e. The van der Waals surface area contributed by atoms with Crippen LogP contribution in [0.4, 0.5) is 0 Å². The summed E-state index contributed by atoms with van der Waals surface area (Å²) >= 11 is 6.17. The molecule has 0 saturated carbocycles. The van der Waals surface area contributed by atoms with Crippen molar-refractivity contribution in [3.8, 4) is 0 Å². The van der Waals surface area contributed by atoms with Gasteiger partial charge in [0.15, 0.2) is 0 Å². The first-order valence-corrected chi connectivity index (χ1v) is 5.59. The summed E-state index contributed by atoms with van der Waals surface area (Å²) in [7, 11) is 1.93. The number of benzene rings is 1. The quantitative estimate of drug-likeness (QED) is 0.855. The molecule has 1 aromatic heterocycles. The lowest BCUT2D eigenvalue weighted by Crippen LogP contribution is -2.19. The van der Waals surface area contributed by atoms with Crippen LogP contribution in [0.1, 0.15) is 17.4 Å². The Bertz CT molecular complexity index is 439. The second kappa shape index (κ2) is 5.14. The van der Waals surface area contributed by atoms with Crippen molar-refractivity contribution in [1.82, 2.24) is 15.3 Å². The highest BCUT2D eigenvalue weighted by atomic mass is 35.5. The zero-order valence-corrected chi connectivity index (χ0v) is 9.83. The summed E-state index contributed by atoms with van der Waals surface area (Å²) in [5, 5.41) is 4.04. The maximum Gasteiger partial charge on any atom is 0.107 e. The molecule has 1 unspecified atom stereocenters. The molecule has 1 atom stereocenters. The number of nitrogens with zero attached hydrogens (tertiary/aromatic N) is 1. The topological polar surface area (TPSA) is 40.7 Å². The fourth-order valence-corrected chi connectivity index (χ4v) is 2.00. The van der Waals surface area contributed by atoms with Crippen LogP contribution in [0.2, 0.25) is 5.02 Å². The molecule has 84 valence electrons. The highest BCUT2D eigenvalue weighted by Gasteiger charge is 2.13. The van der Waals surface area contributed by atoms with Crippen molar-refractivity contribution in [2.45, 2.75) is 12.5 Å². The van der Waals surface area contributed by atoms with Gasteiger partial charge < -0.3 is 10.3 Å². The number of hydrogen-bond donors (Lipinski definition) is 2. The first-order chi connectivity index (χ1) is 7.81. The summed E-state index contributed by atoms with van der Waals surface area (Å²) in [5.41, 5.74) is 1.10. The molecule has 2 aromatic rings. The van der Waals surface area contributed by atoms with Crippen LogP contribution in [-0.2, 0) is 6.42 Å². The van der Waals surface area contributed by atoms with Crippen LogP contribution in [0.15, 0.2) is 36.7 Å². The predicted octanol–water partition coefficient (Wildman–Crippen LogP) is 2.57. The SMILES string of the molecule is CNC(Cc1ncc[nH]1)c1ccccc1Cl. The van der Waals surface area contributed by atoms with Crippen LogP contribution < -0.4 is 5.32 Å². The lowest BCUT2D eigenvalue weighted by atomic mass is 10.0. The molecule has 1 heterocycles. The maximum atomic E-state index is 6.17. The number of nitrogens with one attached hydrogen (secondary N) is 2. The van der Waals surface area contributed by atoms with E-state index in [2.05, 4.69) is 15.3 Å². The number of H-pyrrole nitrogens is 1. The summed E-state index contributed by atoms with van der Waals surface area (Å²) in [6.45, 7) is 0. The number of aromatic amines is 1. The van der Waals surface area contributed by atoms with Crippen molar-refractivity contribution in [3.05, 3.63) is 53.1 Å². The van der Waals surface area contributed by atoms with Crippen molar-refractivity contribution in [3.63, 3.8) is 0 Å². The summed E-state index contributed by atoms with van der Waals surface area (Å²) in [6.07, 6.45) is 4.39. The van der Waals surface area contributed by atoms with Gasteiger partial charge in [0.1, 0.15) is 5.82 Å². The number of hydrogen-bond acceptors (Lipinski definition) is 2. The number of likely N-dealkylation sites (N-methyl/N-ethyl adjacent to an activating group) is 1. The fraction of sp³-hybridized carbons (Fsp3) is 0.250. The minimum Gasteiger partial charge on any atom is -0.349 e. The lowest BCUT2D eigenvalue weighted by molar-refractivity contribution is 0.578. The molecule has 4 heteroatoms. The van der Waals surface area contributed by atoms with Gasteiger partial charge in [-0.25, -0.2) is 4.98 Å². The number of halogens is 1. The van der Waals surface area contributed by atoms with Crippen molar-refractivity contribution in [2.75, 3.05) is 7.05 Å². The van der Waals surface area contributed by atoms with E-state index < -0.39 is 0 Å². The molecule has 0 bridgehead atoms. The van der Waals surface area contributed by atoms with Gasteiger partial charge >= 0.3 is 0 Å². The van der Waals surface area contributed by atoms with E-state index in [0.29, 0.717) is 0 Å². The van der Waals surface area contributed by atoms with Crippen molar-refractivity contribution >= 4 is 11.6 Å². The molecule has 3 nitrogen and oxygen atoms in total. The van der Waals surface area contributed by atoms with Gasteiger partial charge in [-0.1, -0.05) is 29.8 Å². The molecule has 0 saturated heterocycles. The summed E-state index contributed by atoms with van der Waals surface area (Å²) < 4.78 is 0. The predicted molar refractivity (Wildman–Crippen MR) is 65.5 cm³/mol. The second-order valence-electron chi connectivity index (χ2n) is 3.60. The molecule has 0 amide bonds. The zero-order chi connectivity index (χ0) is 11.4. The van der Waals surface area contributed by atoms with Gasteiger partial charge in [0.2, 0.25) is 0 Å². The monoisotopic (exact) mass is 235 g/mol. The average Bonchev–Trinajstić information content (AvgIpc) is 2.80. The van der Waals surface area contributed by atoms with Gasteiger partial charge in [-0.15, -0.1) is 0 Å². The molecule has 0 radical (unpaired) electrons. The zero-order valence-electron chi connectivity index (χ0n) is 9.07. The number of rotatable bonds is 4. The molecule has 0 aliphatic heterocycles. The largest absolute Gasteiger partial charge is 0.349 e. The van der Waals surface area contributed by atoms with Gasteiger partial charge in [-0.05, 0) is 18.7 Å². The van der Waals surface area contributed by atoms with Gasteiger partial charge in [-0.2, -0.15) is 0 Å². The third-order valence-electron chi connectivity index (χ3n) is 2.58. The molecule has 0 fully saturated rings. The van der Waals surface area contributed by atoms with Crippen LogP contribution in [0.25, 0.3) is 0 Å². The Labute approximate surface area is 99.9 Å². The highest BCUT2D eigenvalue weighted by molar-refractivity contribution is 6.31. The Morgan fingerprint density at radius 1 is 1.44 bits per heavy atom. The van der Waals surface area contributed by atoms with Crippen molar-refractivity contribution in [1.29, 1.82) is 0 Å². The van der Waals surface area contributed by atoms with Gasteiger partial charge in [0.25, 0.3) is 0 Å². The third-order valence-corrected chi connectivity index (χ3v) is 2.93. The van der Waals surface area contributed by atoms with Gasteiger partial charge in [-0.3, -0.25) is 0 Å². The van der Waals surface area contributed by atoms with E-state index in [4.69, 9.17) is 11.6 Å². The van der Waals surface area contributed by atoms with E-state index in [9.17, 15) is 0 Å². The Kier molecular flexibility index (Phi) is 3.59. The van der Waals surface area contributed by atoms with E-state index in [1.54, 1.807) is 6.20 Å². The first-order valence-electron chi connectivity index (χ1n) is 5.21. The van der Waals surface area contributed by atoms with Gasteiger partial charge in [0, 0.05) is 29.9 Å². The molecule has 1 aromatic carbocycles. The summed E-state index contributed by atoms with van der Waals surface area (Å²) in [5.74, 6) is 0.958. The van der Waals surface area contributed by atoms with Crippen LogP contribution >= 0.6 is 11.6 Å². The number of aromatic nitrogens is 2. The summed E-state index contributed by atoms with van der Waals surface area (Å²) in [6, 6.07) is 8.05. The van der Waals surface area contributed by atoms with E-state index in [-0.39, 0.29) is 6.04 Å². The molecular weight excluding hydrogens is 222 g/mol.